The van der Waals surface area contributed by atoms with Gasteiger partial charge in [-0.05, 0) is 109 Å². The second-order valence-electron chi connectivity index (χ2n) is 13.7. The molecule has 0 fully saturated rings. The Morgan fingerprint density at radius 1 is 0.431 bits per heavy atom. The number of fused-ring (bicyclic) bond motifs is 2. The third-order valence-corrected chi connectivity index (χ3v) is 11.3. The second kappa shape index (κ2) is 17.0. The molecule has 0 spiro atoms. The maximum absolute atomic E-state index is 6.12. The van der Waals surface area contributed by atoms with E-state index >= 15 is 0 Å². The van der Waals surface area contributed by atoms with Crippen LogP contribution in [0.15, 0.2) is 142 Å². The topological polar surface area (TPSA) is 123 Å². The zero-order valence-corrected chi connectivity index (χ0v) is 33.4. The van der Waals surface area contributed by atoms with Gasteiger partial charge in [-0.3, -0.25) is 0 Å². The van der Waals surface area contributed by atoms with E-state index in [9.17, 15) is 0 Å². The average molecular weight is 807 g/mol. The standard InChI is InChI=1S/C44H38N8O4S2/c1-29-3-15-35(16-4-29)55-25-41-45-47-43-51(41)49-39(27-57-43)33-11-19-37(20-12-33)53-23-31-7-9-32(10-8-31)24-54-38-21-13-34(14-22-38)40-28-58-44-48-46-42(52(44)50-40)26-56-36-17-5-30(2)6-18-36/h3-22H,23-28H2,1-2H3. The van der Waals surface area contributed by atoms with Crippen molar-refractivity contribution < 1.29 is 18.9 Å². The van der Waals surface area contributed by atoms with Crippen LogP contribution in [0.5, 0.6) is 23.0 Å². The summed E-state index contributed by atoms with van der Waals surface area (Å²) < 4.78 is 27.7. The van der Waals surface area contributed by atoms with Gasteiger partial charge in [0.2, 0.25) is 10.3 Å². The number of nitrogens with zero attached hydrogens (tertiary/aromatic N) is 8. The van der Waals surface area contributed by atoms with Crippen molar-refractivity contribution in [1.82, 2.24) is 29.7 Å². The first-order chi connectivity index (χ1) is 28.5. The van der Waals surface area contributed by atoms with Gasteiger partial charge >= 0.3 is 0 Å². The Bertz CT molecular complexity index is 2390. The van der Waals surface area contributed by atoms with E-state index in [1.807, 2.05) is 111 Å². The van der Waals surface area contributed by atoms with Crippen LogP contribution in [0.25, 0.3) is 0 Å². The lowest BCUT2D eigenvalue weighted by Gasteiger charge is -2.15. The molecule has 0 N–H and O–H groups in total. The van der Waals surface area contributed by atoms with Crippen LogP contribution < -0.4 is 18.9 Å². The van der Waals surface area contributed by atoms with E-state index in [1.165, 1.54) is 11.1 Å². The molecule has 0 aliphatic carbocycles. The van der Waals surface area contributed by atoms with Gasteiger partial charge in [0.1, 0.15) is 49.4 Å². The molecule has 58 heavy (non-hydrogen) atoms. The van der Waals surface area contributed by atoms with Crippen LogP contribution in [0.3, 0.4) is 0 Å². The quantitative estimate of drug-likeness (QED) is 0.106. The monoisotopic (exact) mass is 806 g/mol. The fourth-order valence-corrected chi connectivity index (χ4v) is 7.83. The van der Waals surface area contributed by atoms with Gasteiger partial charge in [0.05, 0.1) is 11.4 Å². The first-order valence-corrected chi connectivity index (χ1v) is 20.7. The first kappa shape index (κ1) is 37.2. The molecule has 2 aliphatic rings. The van der Waals surface area contributed by atoms with Gasteiger partial charge < -0.3 is 18.9 Å². The van der Waals surface area contributed by atoms with Crippen LogP contribution in [0.2, 0.25) is 0 Å². The lowest BCUT2D eigenvalue weighted by Crippen LogP contribution is -2.15. The predicted molar refractivity (Wildman–Crippen MR) is 224 cm³/mol. The minimum Gasteiger partial charge on any atom is -0.489 e. The minimum absolute atomic E-state index is 0.278. The molecule has 0 atom stereocenters. The number of thioether (sulfide) groups is 2. The fourth-order valence-electron chi connectivity index (χ4n) is 6.12. The zero-order chi connectivity index (χ0) is 39.3. The van der Waals surface area contributed by atoms with Crippen LogP contribution in [-0.4, -0.2) is 52.7 Å². The molecule has 12 nitrogen and oxygen atoms in total. The third-order valence-electron chi connectivity index (χ3n) is 9.46. The fraction of sp³-hybridized carbons (Fsp3) is 0.182. The number of hydrogen-bond donors (Lipinski definition) is 0. The van der Waals surface area contributed by atoms with E-state index in [0.717, 1.165) is 67.0 Å². The van der Waals surface area contributed by atoms with Crippen molar-refractivity contribution in [2.45, 2.75) is 50.6 Å². The van der Waals surface area contributed by atoms with Crippen LogP contribution in [0.4, 0.5) is 0 Å². The van der Waals surface area contributed by atoms with Crippen molar-refractivity contribution in [2.75, 3.05) is 11.5 Å². The Kier molecular flexibility index (Phi) is 10.9. The van der Waals surface area contributed by atoms with Crippen molar-refractivity contribution in [3.8, 4) is 23.0 Å². The molecule has 0 bridgehead atoms. The Hall–Kier alpha value is -6.38. The van der Waals surface area contributed by atoms with Gasteiger partial charge in [-0.15, -0.1) is 20.4 Å². The molecular weight excluding hydrogens is 769 g/mol. The summed E-state index contributed by atoms with van der Waals surface area (Å²) in [6.45, 7) is 5.56. The Labute approximate surface area is 343 Å². The Morgan fingerprint density at radius 2 is 0.776 bits per heavy atom. The zero-order valence-electron chi connectivity index (χ0n) is 31.8. The molecule has 0 saturated heterocycles. The van der Waals surface area contributed by atoms with Gasteiger partial charge in [0.15, 0.2) is 11.6 Å². The maximum Gasteiger partial charge on any atom is 0.212 e. The van der Waals surface area contributed by atoms with Crippen LogP contribution in [-0.2, 0) is 26.4 Å². The summed E-state index contributed by atoms with van der Waals surface area (Å²) in [5.74, 6) is 5.84. The molecule has 0 amide bonds. The number of ether oxygens (including phenoxy) is 4. The average Bonchev–Trinajstić information content (AvgIpc) is 3.88. The molecule has 7 aromatic rings. The van der Waals surface area contributed by atoms with E-state index in [0.29, 0.717) is 36.4 Å². The van der Waals surface area contributed by atoms with Crippen LogP contribution in [0.1, 0.15) is 45.0 Å². The number of aryl methyl sites for hydroxylation is 2. The van der Waals surface area contributed by atoms with Gasteiger partial charge in [0.25, 0.3) is 0 Å². The summed E-state index contributed by atoms with van der Waals surface area (Å²) in [6.07, 6.45) is 0. The minimum atomic E-state index is 0.278. The first-order valence-electron chi connectivity index (χ1n) is 18.7. The number of benzene rings is 5. The summed E-state index contributed by atoms with van der Waals surface area (Å²) in [5.41, 5.74) is 8.41. The summed E-state index contributed by atoms with van der Waals surface area (Å²) >= 11 is 3.21. The molecule has 9 rings (SSSR count). The van der Waals surface area contributed by atoms with E-state index in [4.69, 9.17) is 29.2 Å². The number of aromatic nitrogens is 6. The van der Waals surface area contributed by atoms with E-state index in [1.54, 1.807) is 32.9 Å². The van der Waals surface area contributed by atoms with E-state index in [-0.39, 0.29) is 13.2 Å². The van der Waals surface area contributed by atoms with Gasteiger partial charge in [-0.2, -0.15) is 19.6 Å². The highest BCUT2D eigenvalue weighted by molar-refractivity contribution is 8.00. The molecule has 0 radical (unpaired) electrons. The van der Waals surface area contributed by atoms with Crippen molar-refractivity contribution in [1.29, 1.82) is 0 Å². The molecule has 2 aromatic heterocycles. The Balaban J connectivity index is 0.748. The highest BCUT2D eigenvalue weighted by atomic mass is 32.2. The molecular formula is C44H38N8O4S2. The molecule has 0 unspecified atom stereocenters. The van der Waals surface area contributed by atoms with Crippen molar-refractivity contribution in [3.63, 3.8) is 0 Å². The summed E-state index contributed by atoms with van der Waals surface area (Å²) in [6, 6.07) is 40.2. The van der Waals surface area contributed by atoms with Gasteiger partial charge in [-0.1, -0.05) is 83.2 Å². The highest BCUT2D eigenvalue weighted by Crippen LogP contribution is 2.28. The van der Waals surface area contributed by atoms with Gasteiger partial charge in [0, 0.05) is 11.5 Å². The lowest BCUT2D eigenvalue weighted by atomic mass is 10.1. The normalized spacial score (nSPS) is 13.2. The van der Waals surface area contributed by atoms with E-state index < -0.39 is 0 Å². The van der Waals surface area contributed by atoms with Crippen molar-refractivity contribution in [2.24, 2.45) is 10.2 Å². The molecule has 14 heteroatoms. The number of hydrogen-bond acceptors (Lipinski definition) is 12. The van der Waals surface area contributed by atoms with E-state index in [2.05, 4.69) is 44.7 Å². The van der Waals surface area contributed by atoms with Crippen LogP contribution >= 0.6 is 23.5 Å². The van der Waals surface area contributed by atoms with Crippen molar-refractivity contribution in [3.05, 3.63) is 166 Å². The predicted octanol–water partition coefficient (Wildman–Crippen LogP) is 8.52. The summed E-state index contributed by atoms with van der Waals surface area (Å²) in [4.78, 5) is 0. The third kappa shape index (κ3) is 8.77. The van der Waals surface area contributed by atoms with Crippen molar-refractivity contribution >= 4 is 34.9 Å². The maximum atomic E-state index is 6.12. The molecule has 4 heterocycles. The largest absolute Gasteiger partial charge is 0.489 e. The van der Waals surface area contributed by atoms with Gasteiger partial charge in [-0.25, -0.2) is 0 Å². The summed E-state index contributed by atoms with van der Waals surface area (Å²) in [5, 5.41) is 28.4. The molecule has 2 aliphatic heterocycles. The molecule has 5 aromatic carbocycles. The molecule has 290 valence electrons. The summed E-state index contributed by atoms with van der Waals surface area (Å²) in [7, 11) is 0. The Morgan fingerprint density at radius 3 is 1.16 bits per heavy atom. The SMILES string of the molecule is Cc1ccc(OCc2nnc3n2N=C(c2ccc(OCc4ccc(COc5ccc(C6=Nn7c(COc8ccc(C)cc8)nnc7SC6)cc5)cc4)cc2)CS3)cc1. The second-order valence-corrected chi connectivity index (χ2v) is 15.6. The lowest BCUT2D eigenvalue weighted by molar-refractivity contribution is 0.289. The smallest absolute Gasteiger partial charge is 0.212 e. The molecule has 0 saturated carbocycles. The highest BCUT2D eigenvalue weighted by Gasteiger charge is 2.22. The van der Waals surface area contributed by atoms with Crippen LogP contribution in [0, 0.1) is 13.8 Å². The number of rotatable bonds is 14.